The maximum absolute atomic E-state index is 13.9. The van der Waals surface area contributed by atoms with Crippen molar-refractivity contribution in [1.29, 1.82) is 0 Å². The number of hydrogen-bond acceptors (Lipinski definition) is 4. The van der Waals surface area contributed by atoms with E-state index in [0.717, 1.165) is 0 Å². The second-order valence-corrected chi connectivity index (χ2v) is 5.65. The van der Waals surface area contributed by atoms with E-state index in [1.54, 1.807) is 25.1 Å². The van der Waals surface area contributed by atoms with Gasteiger partial charge in [0.05, 0.1) is 24.1 Å². The van der Waals surface area contributed by atoms with Gasteiger partial charge in [0.25, 0.3) is 5.91 Å². The van der Waals surface area contributed by atoms with Crippen LogP contribution in [-0.2, 0) is 9.53 Å². The number of hydrogen-bond donors (Lipinski definition) is 2. The van der Waals surface area contributed by atoms with Gasteiger partial charge in [-0.05, 0) is 19.1 Å². The van der Waals surface area contributed by atoms with Crippen molar-refractivity contribution >= 4 is 11.9 Å². The lowest BCUT2D eigenvalue weighted by Crippen LogP contribution is -2.55. The van der Waals surface area contributed by atoms with Gasteiger partial charge in [0.1, 0.15) is 11.5 Å². The Kier molecular flexibility index (Phi) is 4.06. The molecule has 1 aromatic carbocycles. The summed E-state index contributed by atoms with van der Waals surface area (Å²) in [6.07, 6.45) is 1.48. The molecule has 0 spiro atoms. The maximum atomic E-state index is 13.9. The highest BCUT2D eigenvalue weighted by Crippen LogP contribution is 2.21. The molecule has 126 valence electrons. The molecule has 0 saturated carbocycles. The molecule has 8 heteroatoms. The molecular formula is C16H16FN3O4. The molecule has 1 atom stereocenters. The molecule has 3 rings (SSSR count). The Bertz CT molecular complexity index is 796. The van der Waals surface area contributed by atoms with Crippen LogP contribution in [0.15, 0.2) is 30.5 Å². The van der Waals surface area contributed by atoms with Crippen LogP contribution in [-0.4, -0.2) is 45.5 Å². The summed E-state index contributed by atoms with van der Waals surface area (Å²) in [5.74, 6) is -2.20. The average Bonchev–Trinajstić information content (AvgIpc) is 3.16. The van der Waals surface area contributed by atoms with Gasteiger partial charge in [-0.2, -0.15) is 5.10 Å². The predicted molar refractivity (Wildman–Crippen MR) is 81.5 cm³/mol. The molecule has 2 heterocycles. The number of nitrogens with one attached hydrogen (secondary N) is 1. The molecule has 24 heavy (non-hydrogen) atoms. The fourth-order valence-electron chi connectivity index (χ4n) is 2.67. The minimum absolute atomic E-state index is 0.0887. The van der Waals surface area contributed by atoms with Gasteiger partial charge in [0, 0.05) is 13.0 Å². The van der Waals surface area contributed by atoms with Gasteiger partial charge in [0.2, 0.25) is 0 Å². The largest absolute Gasteiger partial charge is 0.479 e. The minimum Gasteiger partial charge on any atom is -0.479 e. The Balaban J connectivity index is 1.90. The number of ether oxygens (including phenoxy) is 1. The third-order valence-corrected chi connectivity index (χ3v) is 4.12. The van der Waals surface area contributed by atoms with Crippen molar-refractivity contribution in [1.82, 2.24) is 15.1 Å². The molecule has 1 unspecified atom stereocenters. The highest BCUT2D eigenvalue weighted by Gasteiger charge is 2.44. The number of amides is 1. The second kappa shape index (κ2) is 6.04. The van der Waals surface area contributed by atoms with E-state index in [1.807, 2.05) is 0 Å². The predicted octanol–water partition coefficient (Wildman–Crippen LogP) is 1.29. The highest BCUT2D eigenvalue weighted by molar-refractivity contribution is 5.98. The van der Waals surface area contributed by atoms with Crippen LogP contribution in [0.25, 0.3) is 5.69 Å². The molecule has 1 aromatic heterocycles. The van der Waals surface area contributed by atoms with Gasteiger partial charge in [-0.1, -0.05) is 12.1 Å². The summed E-state index contributed by atoms with van der Waals surface area (Å²) >= 11 is 0. The van der Waals surface area contributed by atoms with E-state index in [-0.39, 0.29) is 30.9 Å². The molecule has 0 radical (unpaired) electrons. The molecule has 0 aliphatic carbocycles. The van der Waals surface area contributed by atoms with E-state index < -0.39 is 23.2 Å². The lowest BCUT2D eigenvalue weighted by molar-refractivity contribution is -0.144. The number of halogens is 1. The average molecular weight is 333 g/mol. The molecule has 0 bridgehead atoms. The topological polar surface area (TPSA) is 93.5 Å². The van der Waals surface area contributed by atoms with E-state index in [9.17, 15) is 19.1 Å². The Hall–Kier alpha value is -2.74. The number of nitrogens with zero attached hydrogens (tertiary/aromatic N) is 2. The first kappa shape index (κ1) is 16.1. The van der Waals surface area contributed by atoms with Gasteiger partial charge in [-0.3, -0.25) is 4.79 Å². The number of rotatable bonds is 4. The monoisotopic (exact) mass is 333 g/mol. The summed E-state index contributed by atoms with van der Waals surface area (Å²) in [5.41, 5.74) is -0.627. The second-order valence-electron chi connectivity index (χ2n) is 5.65. The van der Waals surface area contributed by atoms with Crippen molar-refractivity contribution in [2.24, 2.45) is 0 Å². The molecule has 1 fully saturated rings. The van der Waals surface area contributed by atoms with E-state index >= 15 is 0 Å². The Morgan fingerprint density at radius 1 is 1.42 bits per heavy atom. The van der Waals surface area contributed by atoms with E-state index in [0.29, 0.717) is 5.69 Å². The first-order valence-electron chi connectivity index (χ1n) is 7.38. The van der Waals surface area contributed by atoms with Crippen molar-refractivity contribution in [3.8, 4) is 5.69 Å². The van der Waals surface area contributed by atoms with E-state index in [1.165, 1.54) is 16.9 Å². The van der Waals surface area contributed by atoms with Gasteiger partial charge < -0.3 is 15.2 Å². The SMILES string of the molecule is Cc1c(C(=O)NC2(C(=O)O)CCOC2)cnn1-c1ccccc1F. The lowest BCUT2D eigenvalue weighted by atomic mass is 9.98. The van der Waals surface area contributed by atoms with Crippen LogP contribution >= 0.6 is 0 Å². The normalized spacial score (nSPS) is 20.1. The molecule has 1 aliphatic heterocycles. The molecule has 1 amide bonds. The van der Waals surface area contributed by atoms with Crippen LogP contribution in [0.5, 0.6) is 0 Å². The summed E-state index contributed by atoms with van der Waals surface area (Å²) in [7, 11) is 0. The summed E-state index contributed by atoms with van der Waals surface area (Å²) in [4.78, 5) is 24.0. The zero-order valence-corrected chi connectivity index (χ0v) is 13.0. The van der Waals surface area contributed by atoms with Gasteiger partial charge in [-0.25, -0.2) is 13.9 Å². The van der Waals surface area contributed by atoms with E-state index in [2.05, 4.69) is 10.4 Å². The van der Waals surface area contributed by atoms with Crippen molar-refractivity contribution in [2.75, 3.05) is 13.2 Å². The number of benzene rings is 1. The van der Waals surface area contributed by atoms with Crippen LogP contribution in [0.1, 0.15) is 22.5 Å². The van der Waals surface area contributed by atoms with E-state index in [4.69, 9.17) is 4.74 Å². The quantitative estimate of drug-likeness (QED) is 0.879. The molecule has 1 saturated heterocycles. The van der Waals surface area contributed by atoms with Gasteiger partial charge in [-0.15, -0.1) is 0 Å². The minimum atomic E-state index is -1.44. The van der Waals surface area contributed by atoms with Gasteiger partial charge >= 0.3 is 5.97 Å². The Morgan fingerprint density at radius 3 is 2.79 bits per heavy atom. The summed E-state index contributed by atoms with van der Waals surface area (Å²) < 4.78 is 20.3. The smallest absolute Gasteiger partial charge is 0.331 e. The number of para-hydroxylation sites is 1. The highest BCUT2D eigenvalue weighted by atomic mass is 19.1. The van der Waals surface area contributed by atoms with Crippen molar-refractivity contribution in [2.45, 2.75) is 18.9 Å². The molecule has 7 nitrogen and oxygen atoms in total. The number of carbonyl (C=O) groups excluding carboxylic acids is 1. The Labute approximate surface area is 137 Å². The third-order valence-electron chi connectivity index (χ3n) is 4.12. The fraction of sp³-hybridized carbons (Fsp3) is 0.312. The standard InChI is InChI=1S/C16H16FN3O4/c1-10-11(8-18-20(10)13-5-3-2-4-12(13)17)14(21)19-16(15(22)23)6-7-24-9-16/h2-5,8H,6-7,9H2,1H3,(H,19,21)(H,22,23). The number of aliphatic carboxylic acids is 1. The summed E-state index contributed by atoms with van der Waals surface area (Å²) in [5, 5.41) is 15.9. The number of carboxylic acid groups (broad SMARTS) is 1. The Morgan fingerprint density at radius 2 is 2.17 bits per heavy atom. The lowest BCUT2D eigenvalue weighted by Gasteiger charge is -2.23. The van der Waals surface area contributed by atoms with Crippen LogP contribution in [0.2, 0.25) is 0 Å². The van der Waals surface area contributed by atoms with Crippen LogP contribution < -0.4 is 5.32 Å². The maximum Gasteiger partial charge on any atom is 0.331 e. The van der Waals surface area contributed by atoms with Gasteiger partial charge in [0.15, 0.2) is 5.54 Å². The molecule has 2 N–H and O–H groups in total. The van der Waals surface area contributed by atoms with Crippen molar-refractivity contribution in [3.63, 3.8) is 0 Å². The first-order chi connectivity index (χ1) is 11.4. The zero-order valence-electron chi connectivity index (χ0n) is 13.0. The van der Waals surface area contributed by atoms with Crippen molar-refractivity contribution in [3.05, 3.63) is 47.5 Å². The van der Waals surface area contributed by atoms with Crippen LogP contribution in [0.3, 0.4) is 0 Å². The number of carbonyl (C=O) groups is 2. The summed E-state index contributed by atoms with van der Waals surface area (Å²) in [6.45, 7) is 1.79. The summed E-state index contributed by atoms with van der Waals surface area (Å²) in [6, 6.07) is 6.06. The zero-order chi connectivity index (χ0) is 17.3. The first-order valence-corrected chi connectivity index (χ1v) is 7.38. The molecule has 1 aliphatic rings. The fourth-order valence-corrected chi connectivity index (χ4v) is 2.67. The van der Waals surface area contributed by atoms with Crippen molar-refractivity contribution < 1.29 is 23.8 Å². The number of carboxylic acids is 1. The third kappa shape index (κ3) is 2.65. The molecular weight excluding hydrogens is 317 g/mol. The van der Waals surface area contributed by atoms with Crippen LogP contribution in [0.4, 0.5) is 4.39 Å². The van der Waals surface area contributed by atoms with Crippen LogP contribution in [0, 0.1) is 12.7 Å². The molecule has 2 aromatic rings. The number of aromatic nitrogens is 2.